The number of hydrogen-bond acceptors (Lipinski definition) is 3. The largest absolute Gasteiger partial charge is 0.462 e. The van der Waals surface area contributed by atoms with Crippen molar-refractivity contribution in [2.24, 2.45) is 0 Å². The molecule has 1 aromatic carbocycles. The van der Waals surface area contributed by atoms with Gasteiger partial charge in [0.25, 0.3) is 0 Å². The first-order chi connectivity index (χ1) is 9.34. The molecule has 1 aromatic rings. The van der Waals surface area contributed by atoms with Gasteiger partial charge < -0.3 is 9.47 Å². The summed E-state index contributed by atoms with van der Waals surface area (Å²) in [5.41, 5.74) is 0.611. The third-order valence-corrected chi connectivity index (χ3v) is 2.66. The van der Waals surface area contributed by atoms with E-state index < -0.39 is 0 Å². The Hall–Kier alpha value is -1.61. The zero-order valence-corrected chi connectivity index (χ0v) is 11.3. The summed E-state index contributed by atoms with van der Waals surface area (Å²) in [6.45, 7) is 5.47. The highest BCUT2D eigenvalue weighted by Crippen LogP contribution is 2.04. The van der Waals surface area contributed by atoms with Crippen LogP contribution in [0.2, 0.25) is 0 Å². The molecule has 3 heteroatoms. The molecule has 0 unspecified atom stereocenters. The second-order valence-corrected chi connectivity index (χ2v) is 4.28. The van der Waals surface area contributed by atoms with Crippen LogP contribution >= 0.6 is 0 Å². The Labute approximate surface area is 115 Å². The van der Waals surface area contributed by atoms with Gasteiger partial charge in [-0.1, -0.05) is 30.7 Å². The maximum atomic E-state index is 11.6. The van der Waals surface area contributed by atoms with E-state index in [1.807, 2.05) is 18.2 Å². The Bertz CT molecular complexity index is 360. The maximum absolute atomic E-state index is 11.6. The van der Waals surface area contributed by atoms with Crippen molar-refractivity contribution in [2.75, 3.05) is 19.8 Å². The number of carbonyl (C=O) groups excluding carboxylic acids is 1. The summed E-state index contributed by atoms with van der Waals surface area (Å²) >= 11 is 0. The van der Waals surface area contributed by atoms with Crippen LogP contribution in [0.3, 0.4) is 0 Å². The van der Waals surface area contributed by atoms with Gasteiger partial charge in [0.05, 0.1) is 18.8 Å². The molecule has 0 aliphatic heterocycles. The van der Waals surface area contributed by atoms with Crippen molar-refractivity contribution < 1.29 is 14.3 Å². The zero-order valence-electron chi connectivity index (χ0n) is 11.3. The summed E-state index contributed by atoms with van der Waals surface area (Å²) in [6.07, 6.45) is 5.85. The molecule has 0 radical (unpaired) electrons. The Morgan fingerprint density at radius 1 is 1.05 bits per heavy atom. The molecular formula is C16H22O3. The molecule has 19 heavy (non-hydrogen) atoms. The van der Waals surface area contributed by atoms with E-state index in [1.54, 1.807) is 18.2 Å². The standard InChI is InChI=1S/C16H22O3/c1-2-12-18-13-8-3-4-9-14-19-16(17)15-10-6-5-7-11-15/h2,5-7,10-11H,1,3-4,8-9,12-14H2. The molecule has 104 valence electrons. The van der Waals surface area contributed by atoms with Crippen LogP contribution in [0.15, 0.2) is 43.0 Å². The number of hydrogen-bond donors (Lipinski definition) is 0. The van der Waals surface area contributed by atoms with Gasteiger partial charge in [-0.05, 0) is 31.4 Å². The van der Waals surface area contributed by atoms with Gasteiger partial charge in [-0.15, -0.1) is 6.58 Å². The van der Waals surface area contributed by atoms with Crippen molar-refractivity contribution in [1.29, 1.82) is 0 Å². The Balaban J connectivity index is 1.96. The SMILES string of the molecule is C=CCOCCCCCCOC(=O)c1ccccc1. The van der Waals surface area contributed by atoms with E-state index in [1.165, 1.54) is 0 Å². The van der Waals surface area contributed by atoms with Crippen LogP contribution in [0.25, 0.3) is 0 Å². The highest BCUT2D eigenvalue weighted by Gasteiger charge is 2.04. The normalized spacial score (nSPS) is 10.1. The monoisotopic (exact) mass is 262 g/mol. The minimum absolute atomic E-state index is 0.241. The minimum Gasteiger partial charge on any atom is -0.462 e. The second kappa shape index (κ2) is 10.3. The molecule has 0 N–H and O–H groups in total. The predicted octanol–water partition coefficient (Wildman–Crippen LogP) is 3.61. The molecule has 0 atom stereocenters. The van der Waals surface area contributed by atoms with E-state index in [9.17, 15) is 4.79 Å². The molecule has 0 aliphatic rings. The van der Waals surface area contributed by atoms with E-state index in [-0.39, 0.29) is 5.97 Å². The number of rotatable bonds is 10. The summed E-state index contributed by atoms with van der Waals surface area (Å²) in [6, 6.07) is 9.07. The third kappa shape index (κ3) is 7.42. The van der Waals surface area contributed by atoms with Crippen LogP contribution in [-0.4, -0.2) is 25.8 Å². The lowest BCUT2D eigenvalue weighted by molar-refractivity contribution is 0.0496. The molecule has 0 aliphatic carbocycles. The summed E-state index contributed by atoms with van der Waals surface area (Å²) in [7, 11) is 0. The average Bonchev–Trinajstić information content (AvgIpc) is 2.46. The highest BCUT2D eigenvalue weighted by atomic mass is 16.5. The first-order valence-corrected chi connectivity index (χ1v) is 6.75. The molecule has 1 rings (SSSR count). The van der Waals surface area contributed by atoms with Gasteiger partial charge in [-0.3, -0.25) is 0 Å². The second-order valence-electron chi connectivity index (χ2n) is 4.28. The fourth-order valence-corrected chi connectivity index (χ4v) is 1.65. The van der Waals surface area contributed by atoms with Crippen LogP contribution in [-0.2, 0) is 9.47 Å². The van der Waals surface area contributed by atoms with Gasteiger partial charge in [-0.2, -0.15) is 0 Å². The molecule has 3 nitrogen and oxygen atoms in total. The molecule has 0 bridgehead atoms. The van der Waals surface area contributed by atoms with E-state index in [0.29, 0.717) is 18.8 Å². The van der Waals surface area contributed by atoms with Crippen molar-refractivity contribution in [2.45, 2.75) is 25.7 Å². The number of esters is 1. The number of benzene rings is 1. The topological polar surface area (TPSA) is 35.5 Å². The van der Waals surface area contributed by atoms with Crippen LogP contribution in [0.5, 0.6) is 0 Å². The zero-order chi connectivity index (χ0) is 13.8. The fraction of sp³-hybridized carbons (Fsp3) is 0.438. The van der Waals surface area contributed by atoms with E-state index in [2.05, 4.69) is 6.58 Å². The van der Waals surface area contributed by atoms with Gasteiger partial charge in [0.15, 0.2) is 0 Å². The van der Waals surface area contributed by atoms with Gasteiger partial charge in [0, 0.05) is 6.61 Å². The van der Waals surface area contributed by atoms with Crippen molar-refractivity contribution in [3.8, 4) is 0 Å². The van der Waals surface area contributed by atoms with E-state index in [0.717, 1.165) is 32.3 Å². The first kappa shape index (κ1) is 15.4. The van der Waals surface area contributed by atoms with Crippen molar-refractivity contribution in [1.82, 2.24) is 0 Å². The van der Waals surface area contributed by atoms with E-state index >= 15 is 0 Å². The van der Waals surface area contributed by atoms with Crippen LogP contribution in [0, 0.1) is 0 Å². The van der Waals surface area contributed by atoms with Gasteiger partial charge in [0.1, 0.15) is 0 Å². The quantitative estimate of drug-likeness (QED) is 0.367. The number of carbonyl (C=O) groups is 1. The highest BCUT2D eigenvalue weighted by molar-refractivity contribution is 5.89. The molecule has 0 amide bonds. The summed E-state index contributed by atoms with van der Waals surface area (Å²) in [5, 5.41) is 0. The van der Waals surface area contributed by atoms with Gasteiger partial charge in [-0.25, -0.2) is 4.79 Å². The third-order valence-electron chi connectivity index (χ3n) is 2.66. The molecule has 0 saturated carbocycles. The molecule has 0 spiro atoms. The fourth-order valence-electron chi connectivity index (χ4n) is 1.65. The van der Waals surface area contributed by atoms with Crippen molar-refractivity contribution >= 4 is 5.97 Å². The van der Waals surface area contributed by atoms with E-state index in [4.69, 9.17) is 9.47 Å². The Kier molecular flexibility index (Phi) is 8.39. The maximum Gasteiger partial charge on any atom is 0.338 e. The number of unbranched alkanes of at least 4 members (excludes halogenated alkanes) is 3. The molecule has 0 saturated heterocycles. The lowest BCUT2D eigenvalue weighted by Gasteiger charge is -2.05. The van der Waals surface area contributed by atoms with Gasteiger partial charge >= 0.3 is 5.97 Å². The minimum atomic E-state index is -0.241. The van der Waals surface area contributed by atoms with Crippen LogP contribution in [0.4, 0.5) is 0 Å². The summed E-state index contributed by atoms with van der Waals surface area (Å²) in [5.74, 6) is -0.241. The lowest BCUT2D eigenvalue weighted by Crippen LogP contribution is -2.06. The summed E-state index contributed by atoms with van der Waals surface area (Å²) < 4.78 is 10.5. The van der Waals surface area contributed by atoms with Crippen molar-refractivity contribution in [3.05, 3.63) is 48.6 Å². The molecule has 0 aromatic heterocycles. The van der Waals surface area contributed by atoms with Crippen molar-refractivity contribution in [3.63, 3.8) is 0 Å². The van der Waals surface area contributed by atoms with Gasteiger partial charge in [0.2, 0.25) is 0 Å². The van der Waals surface area contributed by atoms with Crippen LogP contribution < -0.4 is 0 Å². The molecule has 0 fully saturated rings. The first-order valence-electron chi connectivity index (χ1n) is 6.75. The molecular weight excluding hydrogens is 240 g/mol. The Morgan fingerprint density at radius 3 is 2.42 bits per heavy atom. The summed E-state index contributed by atoms with van der Waals surface area (Å²) in [4.78, 5) is 11.6. The Morgan fingerprint density at radius 2 is 1.74 bits per heavy atom. The van der Waals surface area contributed by atoms with Crippen LogP contribution in [0.1, 0.15) is 36.0 Å². The lowest BCUT2D eigenvalue weighted by atomic mass is 10.2. The smallest absolute Gasteiger partial charge is 0.338 e. The predicted molar refractivity (Wildman–Crippen MR) is 76.2 cm³/mol. The average molecular weight is 262 g/mol. The molecule has 0 heterocycles. The number of ether oxygens (including phenoxy) is 2.